The maximum absolute atomic E-state index is 12.3. The minimum Gasteiger partial charge on any atom is -0.392 e. The summed E-state index contributed by atoms with van der Waals surface area (Å²) in [5.41, 5.74) is 1.75. The molecular weight excluding hydrogens is 298 g/mol. The molecule has 0 aliphatic carbocycles. The molecule has 2 N–H and O–H groups in total. The van der Waals surface area contributed by atoms with Crippen molar-refractivity contribution in [3.63, 3.8) is 0 Å². The van der Waals surface area contributed by atoms with Crippen molar-refractivity contribution in [2.75, 3.05) is 11.9 Å². The number of rotatable bonds is 5. The Morgan fingerprint density at radius 1 is 1.32 bits per heavy atom. The maximum Gasteiger partial charge on any atom is 0.322 e. The lowest BCUT2D eigenvalue weighted by Crippen LogP contribution is -2.43. The molecule has 0 radical (unpaired) electrons. The van der Waals surface area contributed by atoms with Crippen molar-refractivity contribution in [3.8, 4) is 10.6 Å². The van der Waals surface area contributed by atoms with Gasteiger partial charge >= 0.3 is 6.03 Å². The number of urea groups is 1. The lowest BCUT2D eigenvalue weighted by molar-refractivity contribution is 0.125. The van der Waals surface area contributed by atoms with Gasteiger partial charge in [0.1, 0.15) is 5.01 Å². The van der Waals surface area contributed by atoms with Crippen LogP contribution in [0.5, 0.6) is 0 Å². The average molecular weight is 319 g/mol. The van der Waals surface area contributed by atoms with E-state index in [-0.39, 0.29) is 12.1 Å². The molecule has 2 rings (SSSR count). The first kappa shape index (κ1) is 16.5. The second-order valence-electron chi connectivity index (χ2n) is 5.44. The first-order valence-electron chi connectivity index (χ1n) is 7.23. The molecule has 0 aliphatic rings. The van der Waals surface area contributed by atoms with Gasteiger partial charge in [-0.2, -0.15) is 0 Å². The zero-order valence-corrected chi connectivity index (χ0v) is 13.8. The van der Waals surface area contributed by atoms with Crippen LogP contribution in [0.3, 0.4) is 0 Å². The van der Waals surface area contributed by atoms with Crippen molar-refractivity contribution in [2.24, 2.45) is 0 Å². The number of anilines is 1. The highest BCUT2D eigenvalue weighted by molar-refractivity contribution is 7.13. The fourth-order valence-electron chi connectivity index (χ4n) is 2.07. The van der Waals surface area contributed by atoms with Crippen LogP contribution in [0.25, 0.3) is 10.6 Å². The van der Waals surface area contributed by atoms with Gasteiger partial charge in [-0.25, -0.2) is 9.78 Å². The van der Waals surface area contributed by atoms with Crippen LogP contribution in [0, 0.1) is 0 Å². The van der Waals surface area contributed by atoms with Crippen molar-refractivity contribution in [2.45, 2.75) is 32.9 Å². The zero-order chi connectivity index (χ0) is 16.1. The molecular formula is C16H21N3O2S. The van der Waals surface area contributed by atoms with E-state index in [1.165, 1.54) is 0 Å². The highest BCUT2D eigenvalue weighted by Crippen LogP contribution is 2.23. The van der Waals surface area contributed by atoms with E-state index in [2.05, 4.69) is 10.3 Å². The van der Waals surface area contributed by atoms with Crippen molar-refractivity contribution in [1.82, 2.24) is 9.88 Å². The highest BCUT2D eigenvalue weighted by Gasteiger charge is 2.18. The number of aliphatic hydroxyl groups excluding tert-OH is 1. The van der Waals surface area contributed by atoms with Gasteiger partial charge in [0.25, 0.3) is 0 Å². The molecule has 6 heteroatoms. The van der Waals surface area contributed by atoms with E-state index in [1.54, 1.807) is 29.4 Å². The standard InChI is InChI=1S/C16H21N3O2S/c1-11(2)19(10-12(3)20)16(21)18-14-6-4-13(5-7-14)15-17-8-9-22-15/h4-9,11-12,20H,10H2,1-3H3,(H,18,21). The number of benzene rings is 1. The largest absolute Gasteiger partial charge is 0.392 e. The van der Waals surface area contributed by atoms with Crippen molar-refractivity contribution in [3.05, 3.63) is 35.8 Å². The van der Waals surface area contributed by atoms with Gasteiger partial charge in [-0.1, -0.05) is 0 Å². The normalized spacial score (nSPS) is 12.2. The Morgan fingerprint density at radius 3 is 2.50 bits per heavy atom. The molecule has 1 unspecified atom stereocenters. The number of thiazole rings is 1. The van der Waals surface area contributed by atoms with E-state index in [1.807, 2.05) is 43.5 Å². The SMILES string of the molecule is CC(O)CN(C(=O)Nc1ccc(-c2nccs2)cc1)C(C)C. The van der Waals surface area contributed by atoms with E-state index in [0.717, 1.165) is 16.3 Å². The van der Waals surface area contributed by atoms with Crippen LogP contribution in [0.15, 0.2) is 35.8 Å². The summed E-state index contributed by atoms with van der Waals surface area (Å²) in [6.45, 7) is 5.83. The van der Waals surface area contributed by atoms with E-state index in [4.69, 9.17) is 0 Å². The number of amides is 2. The quantitative estimate of drug-likeness (QED) is 0.887. The molecule has 0 saturated carbocycles. The van der Waals surface area contributed by atoms with Crippen LogP contribution in [0.2, 0.25) is 0 Å². The molecule has 5 nitrogen and oxygen atoms in total. The Labute approximate surface area is 134 Å². The Balaban J connectivity index is 2.04. The summed E-state index contributed by atoms with van der Waals surface area (Å²) in [5.74, 6) is 0. The van der Waals surface area contributed by atoms with Crippen LogP contribution in [-0.2, 0) is 0 Å². The average Bonchev–Trinajstić information content (AvgIpc) is 2.99. The van der Waals surface area contributed by atoms with E-state index in [0.29, 0.717) is 6.54 Å². The first-order valence-corrected chi connectivity index (χ1v) is 8.11. The summed E-state index contributed by atoms with van der Waals surface area (Å²) in [6.07, 6.45) is 1.21. The zero-order valence-electron chi connectivity index (χ0n) is 13.0. The van der Waals surface area contributed by atoms with Gasteiger partial charge in [0, 0.05) is 35.4 Å². The van der Waals surface area contributed by atoms with Gasteiger partial charge in [-0.05, 0) is 45.0 Å². The van der Waals surface area contributed by atoms with Crippen LogP contribution in [-0.4, -0.2) is 39.7 Å². The lowest BCUT2D eigenvalue weighted by atomic mass is 10.2. The summed E-state index contributed by atoms with van der Waals surface area (Å²) in [4.78, 5) is 18.2. The van der Waals surface area contributed by atoms with Gasteiger partial charge in [0.2, 0.25) is 0 Å². The third kappa shape index (κ3) is 4.29. The minimum absolute atomic E-state index is 0.0178. The number of aliphatic hydroxyl groups is 1. The van der Waals surface area contributed by atoms with E-state index in [9.17, 15) is 9.90 Å². The molecule has 1 aromatic heterocycles. The summed E-state index contributed by atoms with van der Waals surface area (Å²) < 4.78 is 0. The lowest BCUT2D eigenvalue weighted by Gasteiger charge is -2.28. The summed E-state index contributed by atoms with van der Waals surface area (Å²) in [7, 11) is 0. The monoisotopic (exact) mass is 319 g/mol. The van der Waals surface area contributed by atoms with Gasteiger partial charge in [-0.15, -0.1) is 11.3 Å². The number of hydrogen-bond acceptors (Lipinski definition) is 4. The predicted octanol–water partition coefficient (Wildman–Crippen LogP) is 3.43. The second kappa shape index (κ2) is 7.38. The Morgan fingerprint density at radius 2 is 2.00 bits per heavy atom. The molecule has 0 fully saturated rings. The molecule has 1 aromatic carbocycles. The minimum atomic E-state index is -0.555. The van der Waals surface area contributed by atoms with Crippen LogP contribution < -0.4 is 5.32 Å². The first-order chi connectivity index (χ1) is 10.5. The molecule has 0 aliphatic heterocycles. The molecule has 2 aromatic rings. The fraction of sp³-hybridized carbons (Fsp3) is 0.375. The van der Waals surface area contributed by atoms with E-state index >= 15 is 0 Å². The van der Waals surface area contributed by atoms with Gasteiger partial charge < -0.3 is 15.3 Å². The fourth-order valence-corrected chi connectivity index (χ4v) is 2.71. The number of aromatic nitrogens is 1. The molecule has 1 atom stereocenters. The topological polar surface area (TPSA) is 65.5 Å². The van der Waals surface area contributed by atoms with Crippen LogP contribution in [0.1, 0.15) is 20.8 Å². The number of carbonyl (C=O) groups excluding carboxylic acids is 1. The van der Waals surface area contributed by atoms with E-state index < -0.39 is 6.10 Å². The van der Waals surface area contributed by atoms with Gasteiger partial charge in [0.05, 0.1) is 6.10 Å². The number of nitrogens with one attached hydrogen (secondary N) is 1. The molecule has 2 amide bonds. The Bertz CT molecular complexity index is 594. The maximum atomic E-state index is 12.3. The molecule has 0 saturated heterocycles. The number of hydrogen-bond donors (Lipinski definition) is 2. The van der Waals surface area contributed by atoms with Crippen molar-refractivity contribution in [1.29, 1.82) is 0 Å². The molecule has 1 heterocycles. The van der Waals surface area contributed by atoms with Crippen molar-refractivity contribution >= 4 is 23.1 Å². The predicted molar refractivity (Wildman–Crippen MR) is 90.1 cm³/mol. The summed E-state index contributed by atoms with van der Waals surface area (Å²) in [5, 5.41) is 15.2. The highest BCUT2D eigenvalue weighted by atomic mass is 32.1. The van der Waals surface area contributed by atoms with Gasteiger partial charge in [-0.3, -0.25) is 0 Å². The number of nitrogens with zero attached hydrogens (tertiary/aromatic N) is 2. The Kier molecular flexibility index (Phi) is 5.51. The third-order valence-electron chi connectivity index (χ3n) is 3.16. The second-order valence-corrected chi connectivity index (χ2v) is 6.33. The molecule has 0 spiro atoms. The molecule has 0 bridgehead atoms. The van der Waals surface area contributed by atoms with Crippen LogP contribution in [0.4, 0.5) is 10.5 Å². The van der Waals surface area contributed by atoms with Gasteiger partial charge in [0.15, 0.2) is 0 Å². The summed E-state index contributed by atoms with van der Waals surface area (Å²) in [6, 6.07) is 7.39. The third-order valence-corrected chi connectivity index (χ3v) is 3.98. The van der Waals surface area contributed by atoms with Crippen LogP contribution >= 0.6 is 11.3 Å². The number of carbonyl (C=O) groups is 1. The smallest absolute Gasteiger partial charge is 0.322 e. The van der Waals surface area contributed by atoms with Crippen molar-refractivity contribution < 1.29 is 9.90 Å². The Hall–Kier alpha value is -1.92. The molecule has 118 valence electrons. The molecule has 22 heavy (non-hydrogen) atoms. The summed E-state index contributed by atoms with van der Waals surface area (Å²) >= 11 is 1.58.